The maximum atomic E-state index is 6.19. The quantitative estimate of drug-likeness (QED) is 0.864. The van der Waals surface area contributed by atoms with Gasteiger partial charge in [-0.15, -0.1) is 11.3 Å². The maximum absolute atomic E-state index is 6.19. The van der Waals surface area contributed by atoms with Gasteiger partial charge in [-0.1, -0.05) is 0 Å². The molecule has 2 rings (SSSR count). The lowest BCUT2D eigenvalue weighted by Gasteiger charge is -2.30. The third-order valence-electron chi connectivity index (χ3n) is 3.35. The summed E-state index contributed by atoms with van der Waals surface area (Å²) >= 11 is 5.28. The minimum absolute atomic E-state index is 0.1000. The van der Waals surface area contributed by atoms with E-state index in [0.717, 1.165) is 17.4 Å². The molecule has 2 aromatic heterocycles. The van der Waals surface area contributed by atoms with Gasteiger partial charge in [0.05, 0.1) is 6.04 Å². The smallest absolute Gasteiger partial charge is 0.0588 e. The molecule has 5 heteroatoms. The summed E-state index contributed by atoms with van der Waals surface area (Å²) in [6, 6.07) is 6.66. The first-order valence-corrected chi connectivity index (χ1v) is 8.34. The van der Waals surface area contributed by atoms with Crippen LogP contribution in [-0.2, 0) is 6.42 Å². The largest absolute Gasteiger partial charge is 0.326 e. The zero-order chi connectivity index (χ0) is 14.5. The van der Waals surface area contributed by atoms with E-state index < -0.39 is 0 Å². The maximum Gasteiger partial charge on any atom is 0.0588 e. The molecule has 0 bridgehead atoms. The van der Waals surface area contributed by atoms with Crippen LogP contribution in [0.2, 0.25) is 0 Å². The van der Waals surface area contributed by atoms with Gasteiger partial charge in [-0.25, -0.2) is 0 Å². The summed E-state index contributed by atoms with van der Waals surface area (Å²) < 4.78 is 1.13. The van der Waals surface area contributed by atoms with Crippen LogP contribution in [0.15, 0.2) is 40.4 Å². The monoisotopic (exact) mass is 353 g/mol. The molecule has 2 unspecified atom stereocenters. The van der Waals surface area contributed by atoms with E-state index in [1.54, 1.807) is 11.3 Å². The first-order valence-electron chi connectivity index (χ1n) is 6.66. The Labute approximate surface area is 133 Å². The minimum Gasteiger partial charge on any atom is -0.326 e. The molecular formula is C15H20BrN3S. The lowest BCUT2D eigenvalue weighted by Crippen LogP contribution is -2.37. The highest BCUT2D eigenvalue weighted by Gasteiger charge is 2.22. The lowest BCUT2D eigenvalue weighted by molar-refractivity contribution is 0.225. The number of hydrogen-bond donors (Lipinski definition) is 1. The van der Waals surface area contributed by atoms with Crippen molar-refractivity contribution in [3.8, 4) is 0 Å². The van der Waals surface area contributed by atoms with Gasteiger partial charge in [0.15, 0.2) is 0 Å². The van der Waals surface area contributed by atoms with Gasteiger partial charge in [0.25, 0.3) is 0 Å². The summed E-state index contributed by atoms with van der Waals surface area (Å²) in [7, 11) is 2.14. The molecule has 0 aromatic carbocycles. The van der Waals surface area contributed by atoms with Gasteiger partial charge < -0.3 is 5.73 Å². The molecule has 2 heterocycles. The Morgan fingerprint density at radius 3 is 2.65 bits per heavy atom. The summed E-state index contributed by atoms with van der Waals surface area (Å²) in [5.74, 6) is 0. The number of nitrogens with zero attached hydrogens (tertiary/aromatic N) is 2. The Hall–Kier alpha value is -0.750. The van der Waals surface area contributed by atoms with Crippen molar-refractivity contribution in [1.29, 1.82) is 0 Å². The topological polar surface area (TPSA) is 42.1 Å². The average molecular weight is 354 g/mol. The van der Waals surface area contributed by atoms with Crippen molar-refractivity contribution in [2.75, 3.05) is 13.6 Å². The summed E-state index contributed by atoms with van der Waals surface area (Å²) in [4.78, 5) is 7.70. The molecule has 0 saturated heterocycles. The van der Waals surface area contributed by atoms with Crippen LogP contribution >= 0.6 is 27.3 Å². The summed E-state index contributed by atoms with van der Waals surface area (Å²) in [5.41, 5.74) is 7.50. The molecule has 2 N–H and O–H groups in total. The van der Waals surface area contributed by atoms with Crippen molar-refractivity contribution >= 4 is 27.3 Å². The van der Waals surface area contributed by atoms with Crippen molar-refractivity contribution in [2.24, 2.45) is 5.73 Å². The Kier molecular flexibility index (Phi) is 5.72. The highest BCUT2D eigenvalue weighted by atomic mass is 79.9. The molecule has 0 radical (unpaired) electrons. The Morgan fingerprint density at radius 2 is 2.10 bits per heavy atom. The molecule has 0 fully saturated rings. The van der Waals surface area contributed by atoms with Crippen molar-refractivity contribution in [3.63, 3.8) is 0 Å². The van der Waals surface area contributed by atoms with Crippen LogP contribution in [0.3, 0.4) is 0 Å². The second kappa shape index (κ2) is 7.31. The fourth-order valence-corrected chi connectivity index (χ4v) is 4.08. The third kappa shape index (κ3) is 4.12. The first-order chi connectivity index (χ1) is 9.58. The SMILES string of the molecule is CC(N)C(c1cc(Br)cs1)N(C)CCc1ccncc1. The zero-order valence-corrected chi connectivity index (χ0v) is 14.2. The predicted molar refractivity (Wildman–Crippen MR) is 89.0 cm³/mol. The molecule has 0 aliphatic heterocycles. The number of likely N-dealkylation sites (N-methyl/N-ethyl adjacent to an activating group) is 1. The van der Waals surface area contributed by atoms with E-state index >= 15 is 0 Å². The molecule has 0 aliphatic carbocycles. The second-order valence-corrected chi connectivity index (χ2v) is 6.92. The van der Waals surface area contributed by atoms with E-state index in [2.05, 4.69) is 63.4 Å². The van der Waals surface area contributed by atoms with Gasteiger partial charge in [-0.2, -0.15) is 0 Å². The van der Waals surface area contributed by atoms with Crippen LogP contribution in [0, 0.1) is 0 Å². The normalized spacial score (nSPS) is 14.4. The summed E-state index contributed by atoms with van der Waals surface area (Å²) in [6.45, 7) is 3.05. The number of halogens is 1. The lowest BCUT2D eigenvalue weighted by atomic mass is 10.1. The molecule has 108 valence electrons. The molecule has 2 aromatic rings. The van der Waals surface area contributed by atoms with Crippen molar-refractivity contribution in [2.45, 2.75) is 25.4 Å². The Bertz CT molecular complexity index is 527. The molecule has 3 nitrogen and oxygen atoms in total. The van der Waals surface area contributed by atoms with Crippen LogP contribution in [-0.4, -0.2) is 29.5 Å². The van der Waals surface area contributed by atoms with Crippen molar-refractivity contribution in [1.82, 2.24) is 9.88 Å². The number of rotatable bonds is 6. The Morgan fingerprint density at radius 1 is 1.40 bits per heavy atom. The number of thiophene rings is 1. The van der Waals surface area contributed by atoms with Gasteiger partial charge in [0.2, 0.25) is 0 Å². The average Bonchev–Trinajstić information content (AvgIpc) is 2.83. The van der Waals surface area contributed by atoms with E-state index in [9.17, 15) is 0 Å². The highest BCUT2D eigenvalue weighted by Crippen LogP contribution is 2.30. The molecule has 0 amide bonds. The Balaban J connectivity index is 2.02. The molecule has 0 aliphatic rings. The highest BCUT2D eigenvalue weighted by molar-refractivity contribution is 9.10. The molecule has 2 atom stereocenters. The number of hydrogen-bond acceptors (Lipinski definition) is 4. The summed E-state index contributed by atoms with van der Waals surface area (Å²) in [6.07, 6.45) is 4.69. The second-order valence-electron chi connectivity index (χ2n) is 5.06. The van der Waals surface area contributed by atoms with Gasteiger partial charge in [-0.05, 0) is 60.1 Å². The minimum atomic E-state index is 0.1000. The number of aromatic nitrogens is 1. The van der Waals surface area contributed by atoms with Crippen LogP contribution in [0.5, 0.6) is 0 Å². The molecule has 0 spiro atoms. The number of nitrogens with two attached hydrogens (primary N) is 1. The van der Waals surface area contributed by atoms with Gasteiger partial charge in [-0.3, -0.25) is 9.88 Å². The van der Waals surface area contributed by atoms with Gasteiger partial charge in [0, 0.05) is 39.7 Å². The van der Waals surface area contributed by atoms with E-state index in [-0.39, 0.29) is 12.1 Å². The zero-order valence-electron chi connectivity index (χ0n) is 11.8. The molecule has 0 saturated carbocycles. The van der Waals surface area contributed by atoms with Crippen molar-refractivity contribution < 1.29 is 0 Å². The van der Waals surface area contributed by atoms with E-state index in [0.29, 0.717) is 0 Å². The standard InChI is InChI=1S/C15H20BrN3S/c1-11(17)15(14-9-13(16)10-20-14)19(2)8-5-12-3-6-18-7-4-12/h3-4,6-7,9-11,15H,5,8,17H2,1-2H3. The van der Waals surface area contributed by atoms with E-state index in [1.165, 1.54) is 10.4 Å². The van der Waals surface area contributed by atoms with Crippen LogP contribution < -0.4 is 5.73 Å². The van der Waals surface area contributed by atoms with Gasteiger partial charge in [0.1, 0.15) is 0 Å². The van der Waals surface area contributed by atoms with Crippen LogP contribution in [0.25, 0.3) is 0 Å². The number of pyridine rings is 1. The molecular weight excluding hydrogens is 334 g/mol. The third-order valence-corrected chi connectivity index (χ3v) is 5.12. The molecule has 20 heavy (non-hydrogen) atoms. The van der Waals surface area contributed by atoms with Crippen LogP contribution in [0.4, 0.5) is 0 Å². The van der Waals surface area contributed by atoms with Gasteiger partial charge >= 0.3 is 0 Å². The van der Waals surface area contributed by atoms with Crippen LogP contribution in [0.1, 0.15) is 23.4 Å². The predicted octanol–water partition coefficient (Wildman–Crippen LogP) is 3.47. The first kappa shape index (κ1) is 15.6. The summed E-state index contributed by atoms with van der Waals surface area (Å²) in [5, 5.41) is 2.11. The fourth-order valence-electron chi connectivity index (χ4n) is 2.36. The fraction of sp³-hybridized carbons (Fsp3) is 0.400. The van der Waals surface area contributed by atoms with E-state index in [4.69, 9.17) is 5.73 Å². The van der Waals surface area contributed by atoms with Crippen molar-refractivity contribution in [3.05, 3.63) is 50.9 Å². The van der Waals surface area contributed by atoms with E-state index in [1.807, 2.05) is 12.4 Å².